The Bertz CT molecular complexity index is 736. The molecular formula is C19H18N2O2. The molecule has 0 radical (unpaired) electrons. The van der Waals surface area contributed by atoms with Crippen molar-refractivity contribution in [1.82, 2.24) is 9.88 Å². The van der Waals surface area contributed by atoms with E-state index >= 15 is 0 Å². The molecule has 1 aromatic heterocycles. The number of benzene rings is 2. The van der Waals surface area contributed by atoms with Crippen LogP contribution in [0.1, 0.15) is 5.89 Å². The lowest BCUT2D eigenvalue weighted by Gasteiger charge is -2.07. The van der Waals surface area contributed by atoms with Crippen molar-refractivity contribution in [3.63, 3.8) is 0 Å². The van der Waals surface area contributed by atoms with Crippen LogP contribution < -0.4 is 0 Å². The van der Waals surface area contributed by atoms with E-state index in [1.807, 2.05) is 60.7 Å². The standard InChI is InChI=1S/C19H18N2O2/c1-21(2)17(22)13-16-20-18(14-9-5-3-6-10-14)19(23-16)15-11-7-4-8-12-15/h3-12H,13H2,1-2H3. The molecule has 0 aliphatic heterocycles. The third-order valence-electron chi connectivity index (χ3n) is 3.56. The first-order valence-electron chi connectivity index (χ1n) is 7.46. The summed E-state index contributed by atoms with van der Waals surface area (Å²) in [6.45, 7) is 0. The van der Waals surface area contributed by atoms with E-state index in [2.05, 4.69) is 4.98 Å². The number of likely N-dealkylation sites (N-methyl/N-ethyl adjacent to an activating group) is 1. The van der Waals surface area contributed by atoms with Gasteiger partial charge in [-0.15, -0.1) is 0 Å². The van der Waals surface area contributed by atoms with Gasteiger partial charge in [0.2, 0.25) is 11.8 Å². The quantitative estimate of drug-likeness (QED) is 0.739. The number of oxazole rings is 1. The van der Waals surface area contributed by atoms with Gasteiger partial charge in [0, 0.05) is 25.2 Å². The van der Waals surface area contributed by atoms with E-state index in [-0.39, 0.29) is 12.3 Å². The fourth-order valence-corrected chi connectivity index (χ4v) is 2.30. The normalized spacial score (nSPS) is 10.5. The fourth-order valence-electron chi connectivity index (χ4n) is 2.30. The Kier molecular flexibility index (Phi) is 4.24. The Morgan fingerprint density at radius 2 is 1.52 bits per heavy atom. The van der Waals surface area contributed by atoms with Crippen molar-refractivity contribution in [3.05, 3.63) is 66.6 Å². The summed E-state index contributed by atoms with van der Waals surface area (Å²) in [6, 6.07) is 19.7. The molecule has 0 bridgehead atoms. The van der Waals surface area contributed by atoms with Crippen LogP contribution >= 0.6 is 0 Å². The van der Waals surface area contributed by atoms with Crippen LogP contribution in [-0.2, 0) is 11.2 Å². The van der Waals surface area contributed by atoms with Crippen LogP contribution in [0.2, 0.25) is 0 Å². The van der Waals surface area contributed by atoms with Gasteiger partial charge < -0.3 is 9.32 Å². The van der Waals surface area contributed by atoms with Crippen LogP contribution in [0.5, 0.6) is 0 Å². The van der Waals surface area contributed by atoms with Crippen molar-refractivity contribution < 1.29 is 9.21 Å². The van der Waals surface area contributed by atoms with Gasteiger partial charge in [-0.3, -0.25) is 4.79 Å². The number of rotatable bonds is 4. The highest BCUT2D eigenvalue weighted by Crippen LogP contribution is 2.32. The molecule has 4 nitrogen and oxygen atoms in total. The minimum atomic E-state index is -0.0366. The molecule has 3 rings (SSSR count). The van der Waals surface area contributed by atoms with Gasteiger partial charge in [0.1, 0.15) is 12.1 Å². The Hall–Kier alpha value is -2.88. The van der Waals surface area contributed by atoms with Gasteiger partial charge in [-0.2, -0.15) is 0 Å². The average molecular weight is 306 g/mol. The van der Waals surface area contributed by atoms with E-state index in [9.17, 15) is 4.79 Å². The number of nitrogens with zero attached hydrogens (tertiary/aromatic N) is 2. The largest absolute Gasteiger partial charge is 0.439 e. The second kappa shape index (κ2) is 6.48. The van der Waals surface area contributed by atoms with Crippen molar-refractivity contribution in [2.24, 2.45) is 0 Å². The summed E-state index contributed by atoms with van der Waals surface area (Å²) in [4.78, 5) is 18.0. The number of carbonyl (C=O) groups is 1. The molecule has 1 heterocycles. The summed E-state index contributed by atoms with van der Waals surface area (Å²) in [5, 5.41) is 0. The molecule has 4 heteroatoms. The van der Waals surface area contributed by atoms with E-state index in [4.69, 9.17) is 4.42 Å². The third kappa shape index (κ3) is 3.31. The zero-order valence-corrected chi connectivity index (χ0v) is 13.2. The minimum Gasteiger partial charge on any atom is -0.439 e. The van der Waals surface area contributed by atoms with E-state index in [1.54, 1.807) is 14.1 Å². The molecule has 0 N–H and O–H groups in total. The molecule has 0 unspecified atom stereocenters. The number of carbonyl (C=O) groups excluding carboxylic acids is 1. The van der Waals surface area contributed by atoms with Gasteiger partial charge in [0.05, 0.1) is 0 Å². The van der Waals surface area contributed by atoms with E-state index in [0.29, 0.717) is 11.7 Å². The highest BCUT2D eigenvalue weighted by Gasteiger charge is 2.18. The lowest BCUT2D eigenvalue weighted by molar-refractivity contribution is -0.128. The van der Waals surface area contributed by atoms with Gasteiger partial charge in [-0.1, -0.05) is 60.7 Å². The average Bonchev–Trinajstić information content (AvgIpc) is 3.00. The van der Waals surface area contributed by atoms with Crippen molar-refractivity contribution in [2.45, 2.75) is 6.42 Å². The topological polar surface area (TPSA) is 46.3 Å². The summed E-state index contributed by atoms with van der Waals surface area (Å²) in [5.74, 6) is 1.09. The molecule has 1 amide bonds. The van der Waals surface area contributed by atoms with Crippen LogP contribution in [0.15, 0.2) is 65.1 Å². The molecule has 0 fully saturated rings. The number of hydrogen-bond acceptors (Lipinski definition) is 3. The molecule has 116 valence electrons. The van der Waals surface area contributed by atoms with Crippen LogP contribution in [0.4, 0.5) is 0 Å². The Morgan fingerprint density at radius 1 is 0.957 bits per heavy atom. The summed E-state index contributed by atoms with van der Waals surface area (Å²) in [5.41, 5.74) is 2.68. The Balaban J connectivity index is 2.06. The zero-order valence-electron chi connectivity index (χ0n) is 13.2. The second-order valence-corrected chi connectivity index (χ2v) is 5.48. The van der Waals surface area contributed by atoms with Gasteiger partial charge in [-0.25, -0.2) is 4.98 Å². The van der Waals surface area contributed by atoms with Crippen LogP contribution in [0, 0.1) is 0 Å². The van der Waals surface area contributed by atoms with E-state index in [0.717, 1.165) is 16.8 Å². The van der Waals surface area contributed by atoms with Gasteiger partial charge in [0.25, 0.3) is 0 Å². The molecule has 23 heavy (non-hydrogen) atoms. The molecule has 0 saturated heterocycles. The van der Waals surface area contributed by atoms with Gasteiger partial charge in [0.15, 0.2) is 5.76 Å². The van der Waals surface area contributed by atoms with Crippen LogP contribution in [0.25, 0.3) is 22.6 Å². The molecule has 0 atom stereocenters. The molecule has 2 aromatic carbocycles. The van der Waals surface area contributed by atoms with Crippen molar-refractivity contribution in [1.29, 1.82) is 0 Å². The molecule has 0 saturated carbocycles. The molecule has 0 aliphatic rings. The third-order valence-corrected chi connectivity index (χ3v) is 3.56. The molecule has 0 aliphatic carbocycles. The summed E-state index contributed by atoms with van der Waals surface area (Å²) >= 11 is 0. The predicted molar refractivity (Wildman–Crippen MR) is 89.8 cm³/mol. The number of hydrogen-bond donors (Lipinski definition) is 0. The van der Waals surface area contributed by atoms with Crippen molar-refractivity contribution in [3.8, 4) is 22.6 Å². The van der Waals surface area contributed by atoms with Crippen molar-refractivity contribution in [2.75, 3.05) is 14.1 Å². The molecule has 3 aromatic rings. The monoisotopic (exact) mass is 306 g/mol. The minimum absolute atomic E-state index is 0.0366. The number of aromatic nitrogens is 1. The Morgan fingerprint density at radius 3 is 2.09 bits per heavy atom. The maximum atomic E-state index is 11.9. The lowest BCUT2D eigenvalue weighted by atomic mass is 10.1. The SMILES string of the molecule is CN(C)C(=O)Cc1nc(-c2ccccc2)c(-c2ccccc2)o1. The van der Waals surface area contributed by atoms with E-state index < -0.39 is 0 Å². The first kappa shape index (κ1) is 15.0. The lowest BCUT2D eigenvalue weighted by Crippen LogP contribution is -2.23. The van der Waals surface area contributed by atoms with Crippen LogP contribution in [0.3, 0.4) is 0 Å². The Labute approximate surface area is 135 Å². The summed E-state index contributed by atoms with van der Waals surface area (Å²) < 4.78 is 5.92. The van der Waals surface area contributed by atoms with Gasteiger partial charge >= 0.3 is 0 Å². The van der Waals surface area contributed by atoms with Gasteiger partial charge in [-0.05, 0) is 0 Å². The van der Waals surface area contributed by atoms with Crippen molar-refractivity contribution >= 4 is 5.91 Å². The highest BCUT2D eigenvalue weighted by molar-refractivity contribution is 5.80. The maximum absolute atomic E-state index is 11.9. The first-order valence-corrected chi connectivity index (χ1v) is 7.46. The summed E-state index contributed by atoms with van der Waals surface area (Å²) in [7, 11) is 3.45. The smallest absolute Gasteiger partial charge is 0.231 e. The highest BCUT2D eigenvalue weighted by atomic mass is 16.4. The summed E-state index contributed by atoms with van der Waals surface area (Å²) in [6.07, 6.45) is 0.152. The fraction of sp³-hybridized carbons (Fsp3) is 0.158. The number of amides is 1. The zero-order chi connectivity index (χ0) is 16.2. The van der Waals surface area contributed by atoms with Crippen LogP contribution in [-0.4, -0.2) is 29.9 Å². The maximum Gasteiger partial charge on any atom is 0.231 e. The second-order valence-electron chi connectivity index (χ2n) is 5.48. The molecule has 0 spiro atoms. The predicted octanol–water partition coefficient (Wildman–Crippen LogP) is 3.64. The molecular weight excluding hydrogens is 288 g/mol. The van der Waals surface area contributed by atoms with E-state index in [1.165, 1.54) is 4.90 Å². The first-order chi connectivity index (χ1) is 11.1.